The van der Waals surface area contributed by atoms with Gasteiger partial charge in [-0.05, 0) is 43.4 Å². The number of aromatic nitrogens is 2. The Bertz CT molecular complexity index is 845. The normalized spacial score (nSPS) is 21.7. The summed E-state index contributed by atoms with van der Waals surface area (Å²) in [5, 5.41) is 28.1. The number of nitriles is 1. The van der Waals surface area contributed by atoms with Crippen molar-refractivity contribution in [3.05, 3.63) is 29.3 Å². The number of benzene rings is 1. The minimum absolute atomic E-state index is 0.0336. The van der Waals surface area contributed by atoms with Gasteiger partial charge >= 0.3 is 0 Å². The van der Waals surface area contributed by atoms with E-state index in [1.54, 1.807) is 6.07 Å². The molecule has 2 aromatic rings. The van der Waals surface area contributed by atoms with E-state index in [0.717, 1.165) is 23.8 Å². The highest BCUT2D eigenvalue weighted by molar-refractivity contribution is 5.74. The number of nitrogens with zero attached hydrogens (tertiary/aromatic N) is 4. The fourth-order valence-corrected chi connectivity index (χ4v) is 3.79. The Kier molecular flexibility index (Phi) is 3.72. The SMILES string of the molecule is Cc1cc(C#N)cc(O)c1-c1cc2c(nn1)N([C@H]1C[C@H](C)C1)CCO2. The van der Waals surface area contributed by atoms with Gasteiger partial charge in [-0.25, -0.2) is 0 Å². The van der Waals surface area contributed by atoms with Crippen molar-refractivity contribution in [3.8, 4) is 28.8 Å². The lowest BCUT2D eigenvalue weighted by atomic mass is 9.80. The molecule has 1 aliphatic heterocycles. The highest BCUT2D eigenvalue weighted by atomic mass is 16.5. The van der Waals surface area contributed by atoms with Gasteiger partial charge in [0, 0.05) is 17.7 Å². The zero-order valence-electron chi connectivity index (χ0n) is 14.4. The molecule has 0 radical (unpaired) electrons. The number of rotatable bonds is 2. The van der Waals surface area contributed by atoms with Crippen LogP contribution in [0.5, 0.6) is 11.5 Å². The van der Waals surface area contributed by atoms with E-state index in [2.05, 4.69) is 22.0 Å². The van der Waals surface area contributed by atoms with Crippen molar-refractivity contribution < 1.29 is 9.84 Å². The number of phenolic OH excluding ortho intramolecular Hbond substituents is 1. The van der Waals surface area contributed by atoms with Crippen LogP contribution in [0.4, 0.5) is 5.82 Å². The van der Waals surface area contributed by atoms with Crippen LogP contribution in [0.3, 0.4) is 0 Å². The van der Waals surface area contributed by atoms with Gasteiger partial charge in [-0.3, -0.25) is 0 Å². The second-order valence-electron chi connectivity index (χ2n) is 6.99. The fourth-order valence-electron chi connectivity index (χ4n) is 3.79. The first-order chi connectivity index (χ1) is 12.1. The monoisotopic (exact) mass is 336 g/mol. The summed E-state index contributed by atoms with van der Waals surface area (Å²) in [6.07, 6.45) is 2.36. The van der Waals surface area contributed by atoms with Crippen LogP contribution in [-0.2, 0) is 0 Å². The van der Waals surface area contributed by atoms with Crippen LogP contribution in [0.1, 0.15) is 30.9 Å². The minimum atomic E-state index is 0.0336. The lowest BCUT2D eigenvalue weighted by Gasteiger charge is -2.44. The Balaban J connectivity index is 1.71. The molecule has 1 saturated carbocycles. The molecule has 25 heavy (non-hydrogen) atoms. The number of aryl methyl sites for hydroxylation is 1. The lowest BCUT2D eigenvalue weighted by Crippen LogP contribution is -2.48. The van der Waals surface area contributed by atoms with Crippen molar-refractivity contribution in [1.29, 1.82) is 5.26 Å². The molecule has 0 spiro atoms. The van der Waals surface area contributed by atoms with Crippen LogP contribution in [0, 0.1) is 24.2 Å². The van der Waals surface area contributed by atoms with Crippen molar-refractivity contribution in [1.82, 2.24) is 10.2 Å². The van der Waals surface area contributed by atoms with Gasteiger partial charge < -0.3 is 14.7 Å². The number of fused-ring (bicyclic) bond motifs is 1. The van der Waals surface area contributed by atoms with Crippen LogP contribution in [0.15, 0.2) is 18.2 Å². The molecule has 1 aliphatic carbocycles. The standard InChI is InChI=1S/C19H20N4O2/c1-11-5-14(6-11)23-3-4-25-17-9-15(21-22-19(17)23)18-12(2)7-13(10-20)8-16(18)24/h7-9,11,14,24H,3-6H2,1-2H3/t11-,14-. The fraction of sp³-hybridized carbons (Fsp3) is 0.421. The van der Waals surface area contributed by atoms with Gasteiger partial charge in [-0.15, -0.1) is 10.2 Å². The lowest BCUT2D eigenvalue weighted by molar-refractivity contribution is 0.236. The first-order valence-electron chi connectivity index (χ1n) is 8.58. The summed E-state index contributed by atoms with van der Waals surface area (Å²) in [6.45, 7) is 5.57. The molecule has 0 unspecified atom stereocenters. The molecule has 4 rings (SSSR count). The van der Waals surface area contributed by atoms with E-state index in [-0.39, 0.29) is 5.75 Å². The van der Waals surface area contributed by atoms with Crippen molar-refractivity contribution in [2.45, 2.75) is 32.7 Å². The maximum atomic E-state index is 10.3. The van der Waals surface area contributed by atoms with E-state index in [9.17, 15) is 5.11 Å². The van der Waals surface area contributed by atoms with Gasteiger partial charge in [0.2, 0.25) is 0 Å². The first kappa shape index (κ1) is 15.7. The van der Waals surface area contributed by atoms with Crippen molar-refractivity contribution in [2.24, 2.45) is 5.92 Å². The Hall–Kier alpha value is -2.81. The van der Waals surface area contributed by atoms with Crippen molar-refractivity contribution >= 4 is 5.82 Å². The summed E-state index contributed by atoms with van der Waals surface area (Å²) in [5.41, 5.74) is 2.35. The van der Waals surface area contributed by atoms with Crippen molar-refractivity contribution in [3.63, 3.8) is 0 Å². The molecule has 2 heterocycles. The molecular weight excluding hydrogens is 316 g/mol. The summed E-state index contributed by atoms with van der Waals surface area (Å²) in [5.74, 6) is 2.30. The van der Waals surface area contributed by atoms with Gasteiger partial charge in [-0.1, -0.05) is 6.92 Å². The molecule has 128 valence electrons. The molecule has 1 N–H and O–H groups in total. The van der Waals surface area contributed by atoms with Crippen LogP contribution >= 0.6 is 0 Å². The summed E-state index contributed by atoms with van der Waals surface area (Å²) in [7, 11) is 0. The average molecular weight is 336 g/mol. The third-order valence-electron chi connectivity index (χ3n) is 5.09. The molecule has 6 nitrogen and oxygen atoms in total. The third kappa shape index (κ3) is 2.66. The number of hydrogen-bond acceptors (Lipinski definition) is 6. The highest BCUT2D eigenvalue weighted by Crippen LogP contribution is 2.41. The molecule has 0 atom stereocenters. The zero-order valence-corrected chi connectivity index (χ0v) is 14.4. The quantitative estimate of drug-likeness (QED) is 0.908. The van der Waals surface area contributed by atoms with Crippen molar-refractivity contribution in [2.75, 3.05) is 18.1 Å². The van der Waals surface area contributed by atoms with Gasteiger partial charge in [0.25, 0.3) is 0 Å². The van der Waals surface area contributed by atoms with Crippen LogP contribution < -0.4 is 9.64 Å². The van der Waals surface area contributed by atoms with E-state index in [0.29, 0.717) is 35.2 Å². The largest absolute Gasteiger partial charge is 0.507 e. The first-order valence-corrected chi connectivity index (χ1v) is 8.58. The second-order valence-corrected chi connectivity index (χ2v) is 6.99. The predicted molar refractivity (Wildman–Crippen MR) is 93.6 cm³/mol. The molecule has 6 heteroatoms. The summed E-state index contributed by atoms with van der Waals surface area (Å²) in [4.78, 5) is 2.29. The number of phenols is 1. The molecule has 0 amide bonds. The number of ether oxygens (including phenoxy) is 1. The van der Waals surface area contributed by atoms with E-state index in [1.807, 2.05) is 19.1 Å². The van der Waals surface area contributed by atoms with Crippen LogP contribution in [0.25, 0.3) is 11.3 Å². The molecule has 1 aromatic heterocycles. The average Bonchev–Trinajstić information content (AvgIpc) is 2.57. The maximum absolute atomic E-state index is 10.3. The van der Waals surface area contributed by atoms with Gasteiger partial charge in [0.05, 0.1) is 18.2 Å². The number of aromatic hydroxyl groups is 1. The molecular formula is C19H20N4O2. The molecule has 1 aromatic carbocycles. The van der Waals surface area contributed by atoms with Gasteiger partial charge in [-0.2, -0.15) is 5.26 Å². The van der Waals surface area contributed by atoms with Crippen LogP contribution in [0.2, 0.25) is 0 Å². The van der Waals surface area contributed by atoms with Gasteiger partial charge in [0.1, 0.15) is 18.1 Å². The predicted octanol–water partition coefficient (Wildman–Crippen LogP) is 3.03. The molecule has 2 aliphatic rings. The Morgan fingerprint density at radius 1 is 1.28 bits per heavy atom. The Morgan fingerprint density at radius 3 is 2.76 bits per heavy atom. The van der Waals surface area contributed by atoms with Gasteiger partial charge in [0.15, 0.2) is 11.6 Å². The molecule has 1 fully saturated rings. The summed E-state index contributed by atoms with van der Waals surface area (Å²) >= 11 is 0. The minimum Gasteiger partial charge on any atom is -0.507 e. The summed E-state index contributed by atoms with van der Waals surface area (Å²) in [6, 6.07) is 7.58. The summed E-state index contributed by atoms with van der Waals surface area (Å²) < 4.78 is 5.81. The molecule has 0 bridgehead atoms. The second kappa shape index (κ2) is 5.92. The Labute approximate surface area is 146 Å². The van der Waals surface area contributed by atoms with E-state index in [4.69, 9.17) is 10.00 Å². The number of anilines is 1. The van der Waals surface area contributed by atoms with E-state index in [1.165, 1.54) is 18.9 Å². The maximum Gasteiger partial charge on any atom is 0.194 e. The zero-order chi connectivity index (χ0) is 17.6. The smallest absolute Gasteiger partial charge is 0.194 e. The Morgan fingerprint density at radius 2 is 2.08 bits per heavy atom. The topological polar surface area (TPSA) is 82.3 Å². The highest BCUT2D eigenvalue weighted by Gasteiger charge is 2.35. The third-order valence-corrected chi connectivity index (χ3v) is 5.09. The molecule has 0 saturated heterocycles. The van der Waals surface area contributed by atoms with E-state index < -0.39 is 0 Å². The van der Waals surface area contributed by atoms with E-state index >= 15 is 0 Å². The van der Waals surface area contributed by atoms with Crippen LogP contribution in [-0.4, -0.2) is 34.5 Å². The number of hydrogen-bond donors (Lipinski definition) is 1.